The normalized spacial score (nSPS) is 22.1. The van der Waals surface area contributed by atoms with E-state index >= 15 is 0 Å². The summed E-state index contributed by atoms with van der Waals surface area (Å²) in [5, 5.41) is 0. The third-order valence-corrected chi connectivity index (χ3v) is 10.1. The largest absolute Gasteiger partial charge is 0.497 e. The van der Waals surface area contributed by atoms with Crippen molar-refractivity contribution in [3.8, 4) is 5.75 Å². The maximum Gasteiger partial charge on any atom is 0.248 e. The Morgan fingerprint density at radius 3 is 2.43 bits per heavy atom. The molecule has 1 aliphatic carbocycles. The number of sulfonamides is 1. The van der Waals surface area contributed by atoms with Crippen molar-refractivity contribution in [1.82, 2.24) is 19.0 Å². The van der Waals surface area contributed by atoms with Gasteiger partial charge in [-0.15, -0.1) is 0 Å². The standard InChI is InChI=1S/C27H46N4O5S/c1-21-17-25(35-6)18-22(2)27(21)37(33,34)29(4)15-16-36-20-26(32)30(5)23-9-7-10-24(19-23)31-12-8-11-28(3)13-14-31/h17-18,23-24H,7-16,19-20H2,1-6H3/t23-,24?/m0/s1. The Kier molecular flexibility index (Phi) is 10.8. The van der Waals surface area contributed by atoms with E-state index in [2.05, 4.69) is 16.8 Å². The number of nitrogens with zero attached hydrogens (tertiary/aromatic N) is 4. The Balaban J connectivity index is 1.47. The van der Waals surface area contributed by atoms with Crippen LogP contribution in [0.25, 0.3) is 0 Å². The predicted octanol–water partition coefficient (Wildman–Crippen LogP) is 2.36. The summed E-state index contributed by atoms with van der Waals surface area (Å²) in [7, 11) is 3.48. The van der Waals surface area contributed by atoms with Crippen LogP contribution in [0.4, 0.5) is 0 Å². The maximum atomic E-state index is 13.2. The van der Waals surface area contributed by atoms with Gasteiger partial charge in [0.25, 0.3) is 0 Å². The van der Waals surface area contributed by atoms with Crippen LogP contribution in [0.3, 0.4) is 0 Å². The van der Waals surface area contributed by atoms with E-state index in [0.717, 1.165) is 45.4 Å². The molecule has 1 amide bonds. The van der Waals surface area contributed by atoms with Crippen LogP contribution in [0.15, 0.2) is 17.0 Å². The predicted molar refractivity (Wildman–Crippen MR) is 146 cm³/mol. The molecule has 1 saturated carbocycles. The van der Waals surface area contributed by atoms with Crippen molar-refractivity contribution in [2.45, 2.75) is 62.9 Å². The number of hydrogen-bond acceptors (Lipinski definition) is 7. The van der Waals surface area contributed by atoms with Crippen LogP contribution >= 0.6 is 0 Å². The van der Waals surface area contributed by atoms with Crippen LogP contribution in [-0.2, 0) is 19.6 Å². The number of aryl methyl sites for hydroxylation is 2. The van der Waals surface area contributed by atoms with Crippen molar-refractivity contribution in [2.24, 2.45) is 0 Å². The molecule has 210 valence electrons. The molecule has 0 spiro atoms. The fourth-order valence-corrected chi connectivity index (χ4v) is 7.18. The van der Waals surface area contributed by atoms with Crippen LogP contribution in [0.5, 0.6) is 5.75 Å². The number of likely N-dealkylation sites (N-methyl/N-ethyl adjacent to an activating group) is 3. The van der Waals surface area contributed by atoms with E-state index in [1.807, 2.05) is 11.9 Å². The monoisotopic (exact) mass is 538 g/mol. The molecule has 9 nitrogen and oxygen atoms in total. The van der Waals surface area contributed by atoms with E-state index in [0.29, 0.717) is 22.9 Å². The number of methoxy groups -OCH3 is 1. The number of benzene rings is 1. The fraction of sp³-hybridized carbons (Fsp3) is 0.741. The highest BCUT2D eigenvalue weighted by molar-refractivity contribution is 7.89. The second kappa shape index (κ2) is 13.4. The lowest BCUT2D eigenvalue weighted by atomic mass is 9.89. The molecule has 1 saturated heterocycles. The molecule has 1 aromatic carbocycles. The van der Waals surface area contributed by atoms with Gasteiger partial charge in [-0.05, 0) is 89.3 Å². The van der Waals surface area contributed by atoms with Gasteiger partial charge in [0.05, 0.1) is 18.6 Å². The third-order valence-electron chi connectivity index (χ3n) is 7.94. The van der Waals surface area contributed by atoms with E-state index in [1.165, 1.54) is 17.1 Å². The number of ether oxygens (including phenoxy) is 2. The molecule has 37 heavy (non-hydrogen) atoms. The molecule has 0 aromatic heterocycles. The lowest BCUT2D eigenvalue weighted by Crippen LogP contribution is -2.48. The summed E-state index contributed by atoms with van der Waals surface area (Å²) < 4.78 is 38.5. The molecule has 10 heteroatoms. The van der Waals surface area contributed by atoms with Crippen LogP contribution in [0, 0.1) is 13.8 Å². The van der Waals surface area contributed by atoms with Crippen molar-refractivity contribution < 1.29 is 22.7 Å². The van der Waals surface area contributed by atoms with Crippen LogP contribution < -0.4 is 4.74 Å². The molecule has 2 atom stereocenters. The lowest BCUT2D eigenvalue weighted by molar-refractivity contribution is -0.138. The van der Waals surface area contributed by atoms with Gasteiger partial charge in [0, 0.05) is 45.8 Å². The second-order valence-electron chi connectivity index (χ2n) is 10.6. The zero-order valence-electron chi connectivity index (χ0n) is 23.5. The van der Waals surface area contributed by atoms with Gasteiger partial charge in [0.15, 0.2) is 0 Å². The SMILES string of the molecule is COc1cc(C)c(S(=O)(=O)N(C)CCOCC(=O)N(C)[C@H]2CCCC(N3CCCN(C)CC3)C2)c(C)c1. The van der Waals surface area contributed by atoms with Gasteiger partial charge in [-0.3, -0.25) is 9.69 Å². The Morgan fingerprint density at radius 2 is 1.76 bits per heavy atom. The third kappa shape index (κ3) is 7.66. The fourth-order valence-electron chi connectivity index (χ4n) is 5.62. The highest BCUT2D eigenvalue weighted by atomic mass is 32.2. The molecule has 2 fully saturated rings. The molecule has 0 bridgehead atoms. The lowest BCUT2D eigenvalue weighted by Gasteiger charge is -2.40. The number of carbonyl (C=O) groups excluding carboxylic acids is 1. The molecule has 2 aliphatic rings. The Bertz CT molecular complexity index is 995. The average molecular weight is 539 g/mol. The van der Waals surface area contributed by atoms with Gasteiger partial charge in [0.2, 0.25) is 15.9 Å². The van der Waals surface area contributed by atoms with Crippen LogP contribution in [-0.4, -0.2) is 120 Å². The van der Waals surface area contributed by atoms with Gasteiger partial charge in [-0.2, -0.15) is 4.31 Å². The summed E-state index contributed by atoms with van der Waals surface area (Å²) in [4.78, 5) is 20.0. The molecule has 3 rings (SSSR count). The molecule has 1 heterocycles. The highest BCUT2D eigenvalue weighted by Gasteiger charge is 2.31. The minimum Gasteiger partial charge on any atom is -0.497 e. The van der Waals surface area contributed by atoms with Gasteiger partial charge < -0.3 is 19.3 Å². The van der Waals surface area contributed by atoms with E-state index in [1.54, 1.807) is 40.1 Å². The smallest absolute Gasteiger partial charge is 0.248 e. The molecule has 1 unspecified atom stereocenters. The number of rotatable bonds is 10. The summed E-state index contributed by atoms with van der Waals surface area (Å²) in [5.41, 5.74) is 1.28. The van der Waals surface area contributed by atoms with Gasteiger partial charge in [0.1, 0.15) is 12.4 Å². The quantitative estimate of drug-likeness (QED) is 0.423. The Hall–Kier alpha value is -1.72. The van der Waals surface area contributed by atoms with E-state index in [4.69, 9.17) is 9.47 Å². The van der Waals surface area contributed by atoms with E-state index < -0.39 is 10.0 Å². The first kappa shape index (κ1) is 29.8. The van der Waals surface area contributed by atoms with Crippen molar-refractivity contribution in [3.63, 3.8) is 0 Å². The summed E-state index contributed by atoms with van der Waals surface area (Å²) in [6.45, 7) is 8.29. The molecule has 0 N–H and O–H groups in total. The summed E-state index contributed by atoms with van der Waals surface area (Å²) in [6, 6.07) is 4.20. The van der Waals surface area contributed by atoms with Crippen molar-refractivity contribution >= 4 is 15.9 Å². The van der Waals surface area contributed by atoms with E-state index in [9.17, 15) is 13.2 Å². The van der Waals surface area contributed by atoms with Crippen molar-refractivity contribution in [2.75, 3.05) is 74.2 Å². The number of amides is 1. The van der Waals surface area contributed by atoms with Gasteiger partial charge >= 0.3 is 0 Å². The van der Waals surface area contributed by atoms with Gasteiger partial charge in [-0.1, -0.05) is 0 Å². The van der Waals surface area contributed by atoms with E-state index in [-0.39, 0.29) is 36.6 Å². The molecular formula is C27H46N4O5S. The van der Waals surface area contributed by atoms with Gasteiger partial charge in [-0.25, -0.2) is 8.42 Å². The van der Waals surface area contributed by atoms with Crippen molar-refractivity contribution in [1.29, 1.82) is 0 Å². The first-order valence-electron chi connectivity index (χ1n) is 13.4. The molecule has 1 aliphatic heterocycles. The second-order valence-corrected chi connectivity index (χ2v) is 12.6. The first-order valence-corrected chi connectivity index (χ1v) is 14.9. The zero-order chi connectivity index (χ0) is 27.2. The molecule has 0 radical (unpaired) electrons. The zero-order valence-corrected chi connectivity index (χ0v) is 24.3. The number of hydrogen-bond donors (Lipinski definition) is 0. The highest BCUT2D eigenvalue weighted by Crippen LogP contribution is 2.28. The summed E-state index contributed by atoms with van der Waals surface area (Å²) >= 11 is 0. The average Bonchev–Trinajstić information content (AvgIpc) is 3.09. The van der Waals surface area contributed by atoms with Crippen molar-refractivity contribution in [3.05, 3.63) is 23.3 Å². The minimum absolute atomic E-state index is 0.0410. The minimum atomic E-state index is -3.69. The summed E-state index contributed by atoms with van der Waals surface area (Å²) in [6.07, 6.45) is 5.56. The molecule has 1 aromatic rings. The first-order chi connectivity index (χ1) is 17.5. The summed E-state index contributed by atoms with van der Waals surface area (Å²) in [5.74, 6) is 0.583. The topological polar surface area (TPSA) is 82.6 Å². The maximum absolute atomic E-state index is 13.2. The Morgan fingerprint density at radius 1 is 1.05 bits per heavy atom. The van der Waals surface area contributed by atoms with Crippen LogP contribution in [0.2, 0.25) is 0 Å². The van der Waals surface area contributed by atoms with Crippen LogP contribution in [0.1, 0.15) is 43.2 Å². The molecular weight excluding hydrogens is 492 g/mol. The number of carbonyl (C=O) groups is 1. The Labute approximate surface area is 223 Å².